The Kier molecular flexibility index (Phi) is 6.78. The number of morpholine rings is 1. The van der Waals surface area contributed by atoms with Crippen molar-refractivity contribution in [3.8, 4) is 0 Å². The summed E-state index contributed by atoms with van der Waals surface area (Å²) < 4.78 is 47.9. The molecule has 1 saturated heterocycles. The van der Waals surface area contributed by atoms with Gasteiger partial charge in [-0.2, -0.15) is 29.9 Å². The third-order valence-electron chi connectivity index (χ3n) is 5.48. The van der Waals surface area contributed by atoms with Crippen LogP contribution in [0.2, 0.25) is 0 Å². The first-order valence-electron chi connectivity index (χ1n) is 10.2. The van der Waals surface area contributed by atoms with E-state index in [2.05, 4.69) is 9.88 Å². The molecule has 6 nitrogen and oxygen atoms in total. The Morgan fingerprint density at radius 2 is 1.97 bits per heavy atom. The number of rotatable bonds is 6. The van der Waals surface area contributed by atoms with E-state index < -0.39 is 11.7 Å². The maximum absolute atomic E-state index is 13.4. The Hall–Kier alpha value is -2.11. The molecule has 0 aliphatic carbocycles. The van der Waals surface area contributed by atoms with Gasteiger partial charge in [-0.1, -0.05) is 23.5 Å². The fraction of sp³-hybridized carbons (Fsp3) is 0.476. The highest BCUT2D eigenvalue weighted by atomic mass is 32.2. The molecule has 11 heteroatoms. The van der Waals surface area contributed by atoms with Crippen molar-refractivity contribution >= 4 is 38.6 Å². The van der Waals surface area contributed by atoms with E-state index in [1.54, 1.807) is 22.4 Å². The van der Waals surface area contributed by atoms with Crippen molar-refractivity contribution < 1.29 is 17.9 Å². The minimum atomic E-state index is -4.43. The van der Waals surface area contributed by atoms with Crippen LogP contribution >= 0.6 is 23.1 Å². The second kappa shape index (κ2) is 9.40. The third kappa shape index (κ3) is 4.65. The van der Waals surface area contributed by atoms with Gasteiger partial charge in [0.05, 0.1) is 25.3 Å². The molecule has 0 saturated carbocycles. The normalized spacial score (nSPS) is 15.0. The molecule has 0 N–H and O–H groups in total. The zero-order valence-corrected chi connectivity index (χ0v) is 19.4. The monoisotopic (exact) mass is 484 g/mol. The number of nitrogens with zero attached hydrogens (tertiary/aromatic N) is 4. The summed E-state index contributed by atoms with van der Waals surface area (Å²) in [6.45, 7) is 4.16. The van der Waals surface area contributed by atoms with E-state index in [1.807, 2.05) is 6.26 Å². The van der Waals surface area contributed by atoms with E-state index in [0.717, 1.165) is 11.8 Å². The summed E-state index contributed by atoms with van der Waals surface area (Å²) in [7, 11) is 0. The summed E-state index contributed by atoms with van der Waals surface area (Å²) >= 11 is 2.89. The largest absolute Gasteiger partial charge is 0.416 e. The quantitative estimate of drug-likeness (QED) is 0.528. The van der Waals surface area contributed by atoms with Crippen molar-refractivity contribution in [2.45, 2.75) is 26.1 Å². The van der Waals surface area contributed by atoms with Gasteiger partial charge in [0.15, 0.2) is 10.8 Å². The lowest BCUT2D eigenvalue weighted by molar-refractivity contribution is -0.138. The smallest absolute Gasteiger partial charge is 0.378 e. The number of halogens is 3. The molecule has 0 bridgehead atoms. The summed E-state index contributed by atoms with van der Waals surface area (Å²) in [6.07, 6.45) is -1.95. The van der Waals surface area contributed by atoms with Crippen molar-refractivity contribution in [3.63, 3.8) is 0 Å². The van der Waals surface area contributed by atoms with Gasteiger partial charge in [-0.05, 0) is 30.4 Å². The molecule has 1 aliphatic heterocycles. The van der Waals surface area contributed by atoms with Gasteiger partial charge >= 0.3 is 6.18 Å². The van der Waals surface area contributed by atoms with Gasteiger partial charge in [-0.15, -0.1) is 0 Å². The fourth-order valence-electron chi connectivity index (χ4n) is 3.75. The Morgan fingerprint density at radius 3 is 2.66 bits per heavy atom. The average molecular weight is 485 g/mol. The minimum absolute atomic E-state index is 0.162. The summed E-state index contributed by atoms with van der Waals surface area (Å²) in [5.41, 5.74) is 0.178. The predicted octanol–water partition coefficient (Wildman–Crippen LogP) is 3.97. The number of aromatic nitrogens is 3. The molecule has 3 aromatic rings. The highest BCUT2D eigenvalue weighted by Gasteiger charge is 2.33. The number of aryl methyl sites for hydroxylation is 1. The van der Waals surface area contributed by atoms with Crippen LogP contribution in [0.1, 0.15) is 22.5 Å². The van der Waals surface area contributed by atoms with E-state index in [4.69, 9.17) is 9.72 Å². The molecule has 2 aromatic heterocycles. The van der Waals surface area contributed by atoms with Crippen LogP contribution in [0.25, 0.3) is 10.3 Å². The van der Waals surface area contributed by atoms with Crippen LogP contribution in [0, 0.1) is 6.92 Å². The molecule has 4 rings (SSSR count). The number of anilines is 1. The first-order valence-corrected chi connectivity index (χ1v) is 12.4. The van der Waals surface area contributed by atoms with E-state index >= 15 is 0 Å². The molecule has 3 heterocycles. The number of thiazole rings is 1. The van der Waals surface area contributed by atoms with Crippen LogP contribution in [0.4, 0.5) is 18.3 Å². The molecule has 32 heavy (non-hydrogen) atoms. The Balaban J connectivity index is 1.83. The molecular formula is C21H23F3N4O2S2. The average Bonchev–Trinajstić information content (AvgIpc) is 3.21. The maximum atomic E-state index is 13.4. The molecule has 172 valence electrons. The molecule has 0 amide bonds. The number of hydrogen-bond acceptors (Lipinski definition) is 7. The van der Waals surface area contributed by atoms with Crippen LogP contribution in [0.3, 0.4) is 0 Å². The number of benzene rings is 1. The topological polar surface area (TPSA) is 60.3 Å². The van der Waals surface area contributed by atoms with Crippen LogP contribution < -0.4 is 10.5 Å². The zero-order valence-electron chi connectivity index (χ0n) is 17.7. The second-order valence-corrected chi connectivity index (χ2v) is 9.46. The molecular weight excluding hydrogens is 461 g/mol. The van der Waals surface area contributed by atoms with Gasteiger partial charge in [0.25, 0.3) is 5.56 Å². The Bertz CT molecular complexity index is 1170. The molecule has 0 radical (unpaired) electrons. The van der Waals surface area contributed by atoms with Crippen molar-refractivity contribution in [3.05, 3.63) is 51.1 Å². The Labute approximate surface area is 191 Å². The third-order valence-corrected chi connectivity index (χ3v) is 7.19. The summed E-state index contributed by atoms with van der Waals surface area (Å²) in [5.74, 6) is 1.27. The molecule has 1 fully saturated rings. The van der Waals surface area contributed by atoms with Crippen LogP contribution in [-0.4, -0.2) is 52.8 Å². The van der Waals surface area contributed by atoms with Gasteiger partial charge in [0.1, 0.15) is 10.5 Å². The van der Waals surface area contributed by atoms with Crippen molar-refractivity contribution in [2.24, 2.45) is 0 Å². The first-order chi connectivity index (χ1) is 15.3. The first kappa shape index (κ1) is 23.1. The van der Waals surface area contributed by atoms with E-state index in [9.17, 15) is 18.0 Å². The van der Waals surface area contributed by atoms with E-state index in [1.165, 1.54) is 24.3 Å². The number of alkyl halides is 3. The van der Waals surface area contributed by atoms with E-state index in [-0.39, 0.29) is 17.7 Å². The fourth-order valence-corrected chi connectivity index (χ4v) is 5.14. The predicted molar refractivity (Wildman–Crippen MR) is 122 cm³/mol. The van der Waals surface area contributed by atoms with E-state index in [0.29, 0.717) is 59.6 Å². The summed E-state index contributed by atoms with van der Waals surface area (Å²) in [4.78, 5) is 23.9. The van der Waals surface area contributed by atoms with Gasteiger partial charge in [-0.3, -0.25) is 4.79 Å². The van der Waals surface area contributed by atoms with Crippen LogP contribution in [-0.2, 0) is 23.9 Å². The molecule has 0 spiro atoms. The highest BCUT2D eigenvalue weighted by Crippen LogP contribution is 2.34. The van der Waals surface area contributed by atoms with Crippen LogP contribution in [0.5, 0.6) is 0 Å². The number of fused-ring (bicyclic) bond motifs is 1. The van der Waals surface area contributed by atoms with Crippen LogP contribution in [0.15, 0.2) is 23.0 Å². The van der Waals surface area contributed by atoms with Crippen molar-refractivity contribution in [1.82, 2.24) is 14.5 Å². The van der Waals surface area contributed by atoms with Gasteiger partial charge in [0, 0.05) is 25.3 Å². The minimum Gasteiger partial charge on any atom is -0.378 e. The zero-order chi connectivity index (χ0) is 22.9. The van der Waals surface area contributed by atoms with Crippen molar-refractivity contribution in [1.29, 1.82) is 0 Å². The van der Waals surface area contributed by atoms with Gasteiger partial charge in [-0.25, -0.2) is 4.98 Å². The van der Waals surface area contributed by atoms with Gasteiger partial charge < -0.3 is 14.2 Å². The SMILES string of the molecule is CSCCc1nc(=O)c2sc(N3CCOCC3)nc2n1Cc1cccc(C(F)(F)F)c1C. The molecule has 0 unspecified atom stereocenters. The summed E-state index contributed by atoms with van der Waals surface area (Å²) in [6, 6.07) is 4.19. The molecule has 1 aliphatic rings. The standard InChI is InChI=1S/C21H23F3N4O2S2/c1-13-14(4-3-5-15(13)21(22,23)24)12-28-16(6-11-31-2)25-19(29)17-18(28)26-20(32-17)27-7-9-30-10-8-27/h3-5H,6-12H2,1-2H3. The summed E-state index contributed by atoms with van der Waals surface area (Å²) in [5, 5.41) is 0.707. The highest BCUT2D eigenvalue weighted by molar-refractivity contribution is 7.98. The lowest BCUT2D eigenvalue weighted by atomic mass is 10.0. The number of thioether (sulfide) groups is 1. The molecule has 0 atom stereocenters. The molecule has 1 aromatic carbocycles. The van der Waals surface area contributed by atoms with Crippen molar-refractivity contribution in [2.75, 3.05) is 43.2 Å². The lowest BCUT2D eigenvalue weighted by Crippen LogP contribution is -2.36. The maximum Gasteiger partial charge on any atom is 0.416 e. The number of hydrogen-bond donors (Lipinski definition) is 0. The Morgan fingerprint density at radius 1 is 1.22 bits per heavy atom. The number of ether oxygens (including phenoxy) is 1. The second-order valence-electron chi connectivity index (χ2n) is 7.50. The lowest BCUT2D eigenvalue weighted by Gasteiger charge is -2.25. The van der Waals surface area contributed by atoms with Gasteiger partial charge in [0.2, 0.25) is 0 Å².